The predicted octanol–water partition coefficient (Wildman–Crippen LogP) is 7.11. The SMILES string of the molecule is O=C1CCc2c(C(O)C(=O)OC(c3ccccc3)c3ccccc3)ccc(OC(c3ccccc3)c3ccccc3)c2N1. The average Bonchev–Trinajstić information content (AvgIpc) is 3.07. The normalized spacial score (nSPS) is 13.2. The molecule has 0 aromatic heterocycles. The minimum absolute atomic E-state index is 0.157. The van der Waals surface area contributed by atoms with Gasteiger partial charge >= 0.3 is 5.97 Å². The van der Waals surface area contributed by atoms with Gasteiger partial charge in [0.15, 0.2) is 12.2 Å². The molecule has 6 heteroatoms. The summed E-state index contributed by atoms with van der Waals surface area (Å²) in [4.78, 5) is 26.0. The van der Waals surface area contributed by atoms with Gasteiger partial charge in [-0.2, -0.15) is 0 Å². The molecule has 1 heterocycles. The predicted molar refractivity (Wildman–Crippen MR) is 165 cm³/mol. The molecule has 1 atom stereocenters. The van der Waals surface area contributed by atoms with Crippen LogP contribution in [0.5, 0.6) is 5.75 Å². The first kappa shape index (κ1) is 27.9. The van der Waals surface area contributed by atoms with Crippen LogP contribution in [-0.4, -0.2) is 17.0 Å². The highest BCUT2D eigenvalue weighted by Gasteiger charge is 2.31. The van der Waals surface area contributed by atoms with E-state index < -0.39 is 24.3 Å². The zero-order chi connectivity index (χ0) is 29.6. The van der Waals surface area contributed by atoms with E-state index in [0.29, 0.717) is 29.0 Å². The Morgan fingerprint density at radius 1 is 0.628 bits per heavy atom. The van der Waals surface area contributed by atoms with Crippen LogP contribution < -0.4 is 10.1 Å². The maximum atomic E-state index is 13.5. The van der Waals surface area contributed by atoms with E-state index in [1.165, 1.54) is 0 Å². The first-order chi connectivity index (χ1) is 21.1. The van der Waals surface area contributed by atoms with Crippen molar-refractivity contribution in [2.75, 3.05) is 5.32 Å². The number of rotatable bonds is 9. The molecule has 1 amide bonds. The molecule has 0 saturated carbocycles. The van der Waals surface area contributed by atoms with Crippen molar-refractivity contribution in [3.63, 3.8) is 0 Å². The molecule has 0 bridgehead atoms. The largest absolute Gasteiger partial charge is 0.479 e. The number of benzene rings is 5. The molecule has 214 valence electrons. The number of esters is 1. The molecule has 0 saturated heterocycles. The molecule has 1 aliphatic rings. The monoisotopic (exact) mass is 569 g/mol. The number of aliphatic hydroxyl groups excluding tert-OH is 1. The van der Waals surface area contributed by atoms with E-state index in [-0.39, 0.29) is 12.3 Å². The second kappa shape index (κ2) is 12.8. The van der Waals surface area contributed by atoms with Crippen LogP contribution in [-0.2, 0) is 20.7 Å². The van der Waals surface area contributed by atoms with Crippen molar-refractivity contribution in [2.45, 2.75) is 31.2 Å². The fourth-order valence-electron chi connectivity index (χ4n) is 5.45. The summed E-state index contributed by atoms with van der Waals surface area (Å²) >= 11 is 0. The Morgan fingerprint density at radius 2 is 1.09 bits per heavy atom. The van der Waals surface area contributed by atoms with Crippen molar-refractivity contribution in [1.29, 1.82) is 0 Å². The molecule has 5 aromatic carbocycles. The number of amides is 1. The van der Waals surface area contributed by atoms with Gasteiger partial charge < -0.3 is 19.9 Å². The topological polar surface area (TPSA) is 84.9 Å². The van der Waals surface area contributed by atoms with E-state index in [1.54, 1.807) is 12.1 Å². The molecule has 1 aliphatic heterocycles. The second-order valence-corrected chi connectivity index (χ2v) is 10.4. The van der Waals surface area contributed by atoms with Crippen molar-refractivity contribution in [1.82, 2.24) is 0 Å². The molecule has 0 aliphatic carbocycles. The molecule has 6 nitrogen and oxygen atoms in total. The molecule has 0 fully saturated rings. The molecule has 2 N–H and O–H groups in total. The van der Waals surface area contributed by atoms with Crippen LogP contribution in [0.25, 0.3) is 0 Å². The number of nitrogens with one attached hydrogen (secondary N) is 1. The lowest BCUT2D eigenvalue weighted by Crippen LogP contribution is -2.25. The molecule has 43 heavy (non-hydrogen) atoms. The minimum atomic E-state index is -1.56. The maximum absolute atomic E-state index is 13.5. The summed E-state index contributed by atoms with van der Waals surface area (Å²) in [5, 5.41) is 14.3. The lowest BCUT2D eigenvalue weighted by Gasteiger charge is -2.28. The van der Waals surface area contributed by atoms with Gasteiger partial charge in [0.05, 0.1) is 5.69 Å². The van der Waals surface area contributed by atoms with Gasteiger partial charge in [0, 0.05) is 6.42 Å². The summed E-state index contributed by atoms with van der Waals surface area (Å²) in [5.74, 6) is -0.482. The van der Waals surface area contributed by atoms with Gasteiger partial charge in [-0.3, -0.25) is 4.79 Å². The Balaban J connectivity index is 1.33. The average molecular weight is 570 g/mol. The summed E-state index contributed by atoms with van der Waals surface area (Å²) in [6.45, 7) is 0. The Bertz CT molecular complexity index is 1610. The highest BCUT2D eigenvalue weighted by molar-refractivity contribution is 5.96. The second-order valence-electron chi connectivity index (χ2n) is 10.4. The van der Waals surface area contributed by atoms with E-state index in [0.717, 1.165) is 22.3 Å². The van der Waals surface area contributed by atoms with Crippen molar-refractivity contribution >= 4 is 17.6 Å². The summed E-state index contributed by atoms with van der Waals surface area (Å²) in [7, 11) is 0. The molecular weight excluding hydrogens is 538 g/mol. The number of anilines is 1. The third-order valence-electron chi connectivity index (χ3n) is 7.58. The third kappa shape index (κ3) is 6.20. The van der Waals surface area contributed by atoms with Gasteiger partial charge in [-0.15, -0.1) is 0 Å². The number of carbonyl (C=O) groups excluding carboxylic acids is 2. The molecule has 5 aromatic rings. The highest BCUT2D eigenvalue weighted by Crippen LogP contribution is 2.41. The quantitative estimate of drug-likeness (QED) is 0.185. The van der Waals surface area contributed by atoms with E-state index in [9.17, 15) is 14.7 Å². The molecule has 0 radical (unpaired) electrons. The van der Waals surface area contributed by atoms with E-state index in [2.05, 4.69) is 5.32 Å². The van der Waals surface area contributed by atoms with Crippen molar-refractivity contribution in [3.8, 4) is 5.75 Å². The first-order valence-electron chi connectivity index (χ1n) is 14.3. The Kier molecular flexibility index (Phi) is 8.29. The van der Waals surface area contributed by atoms with Crippen LogP contribution in [0, 0.1) is 0 Å². The molecule has 1 unspecified atom stereocenters. The maximum Gasteiger partial charge on any atom is 0.340 e. The van der Waals surface area contributed by atoms with Crippen molar-refractivity contribution in [2.24, 2.45) is 0 Å². The number of ether oxygens (including phenoxy) is 2. The number of carbonyl (C=O) groups is 2. The molecular formula is C37H31NO5. The summed E-state index contributed by atoms with van der Waals surface area (Å²) in [6.07, 6.45) is -2.13. The zero-order valence-corrected chi connectivity index (χ0v) is 23.4. The fourth-order valence-corrected chi connectivity index (χ4v) is 5.45. The molecule has 0 spiro atoms. The van der Waals surface area contributed by atoms with Crippen LogP contribution in [0.4, 0.5) is 5.69 Å². The van der Waals surface area contributed by atoms with Crippen LogP contribution in [0.3, 0.4) is 0 Å². The summed E-state index contributed by atoms with van der Waals surface area (Å²) in [6, 6.07) is 41.9. The van der Waals surface area contributed by atoms with Gasteiger partial charge in [-0.05, 0) is 45.9 Å². The molecule has 6 rings (SSSR count). The summed E-state index contributed by atoms with van der Waals surface area (Å²) < 4.78 is 12.6. The van der Waals surface area contributed by atoms with Gasteiger partial charge in [0.2, 0.25) is 5.91 Å². The zero-order valence-electron chi connectivity index (χ0n) is 23.4. The highest BCUT2D eigenvalue weighted by atomic mass is 16.6. The van der Waals surface area contributed by atoms with E-state index >= 15 is 0 Å². The summed E-state index contributed by atoms with van der Waals surface area (Å²) in [5.41, 5.74) is 4.97. The lowest BCUT2D eigenvalue weighted by molar-refractivity contribution is -0.158. The number of aliphatic hydroxyl groups is 1. The number of hydrogen-bond acceptors (Lipinski definition) is 5. The Hall–Kier alpha value is -5.20. The van der Waals surface area contributed by atoms with Crippen molar-refractivity contribution in [3.05, 3.63) is 167 Å². The van der Waals surface area contributed by atoms with Gasteiger partial charge in [0.1, 0.15) is 11.9 Å². The van der Waals surface area contributed by atoms with Crippen molar-refractivity contribution < 1.29 is 24.2 Å². The fraction of sp³-hybridized carbons (Fsp3) is 0.135. The number of hydrogen-bond donors (Lipinski definition) is 2. The van der Waals surface area contributed by atoms with Crippen LogP contribution in [0.1, 0.15) is 58.1 Å². The Morgan fingerprint density at radius 3 is 1.58 bits per heavy atom. The Labute approximate surface area is 250 Å². The minimum Gasteiger partial charge on any atom is -0.479 e. The van der Waals surface area contributed by atoms with E-state index in [4.69, 9.17) is 9.47 Å². The van der Waals surface area contributed by atoms with Crippen LogP contribution >= 0.6 is 0 Å². The smallest absolute Gasteiger partial charge is 0.340 e. The van der Waals surface area contributed by atoms with Gasteiger partial charge in [-0.25, -0.2) is 4.79 Å². The van der Waals surface area contributed by atoms with Crippen LogP contribution in [0.15, 0.2) is 133 Å². The lowest BCUT2D eigenvalue weighted by atomic mass is 9.93. The standard InChI is InChI=1S/C37H31NO5/c39-32-24-22-29-30(34(40)37(41)43-36(27-17-9-3-10-18-27)28-19-11-4-12-20-28)21-23-31(33(29)38-32)42-35(25-13-5-1-6-14-25)26-15-7-2-8-16-26/h1-21,23,34-36,40H,22,24H2,(H,38,39). The number of fused-ring (bicyclic) bond motifs is 1. The van der Waals surface area contributed by atoms with Gasteiger partial charge in [0.25, 0.3) is 0 Å². The third-order valence-corrected chi connectivity index (χ3v) is 7.58. The van der Waals surface area contributed by atoms with Crippen LogP contribution in [0.2, 0.25) is 0 Å². The van der Waals surface area contributed by atoms with Gasteiger partial charge in [-0.1, -0.05) is 127 Å². The van der Waals surface area contributed by atoms with E-state index in [1.807, 2.05) is 121 Å². The first-order valence-corrected chi connectivity index (χ1v) is 14.3.